The van der Waals surface area contributed by atoms with Crippen LogP contribution in [0.4, 0.5) is 4.79 Å². The number of esters is 1. The first-order chi connectivity index (χ1) is 7.85. The van der Waals surface area contributed by atoms with Crippen LogP contribution in [0.1, 0.15) is 20.8 Å². The molecule has 0 aromatic carbocycles. The molecule has 0 unspecified atom stereocenters. The molecule has 92 valence electrons. The van der Waals surface area contributed by atoms with E-state index < -0.39 is 23.6 Å². The summed E-state index contributed by atoms with van der Waals surface area (Å²) in [5.74, 6) is -0.465. The molecule has 0 fully saturated rings. The van der Waals surface area contributed by atoms with Crippen molar-refractivity contribution in [2.24, 2.45) is 0 Å². The molecule has 6 heteroatoms. The molecule has 0 saturated heterocycles. The van der Waals surface area contributed by atoms with Crippen LogP contribution in [0.3, 0.4) is 0 Å². The fourth-order valence-corrected chi connectivity index (χ4v) is 1.43. The van der Waals surface area contributed by atoms with Gasteiger partial charge >= 0.3 is 12.1 Å². The van der Waals surface area contributed by atoms with Gasteiger partial charge in [-0.25, -0.2) is 9.59 Å². The topological polar surface area (TPSA) is 55.8 Å². The van der Waals surface area contributed by atoms with Crippen LogP contribution in [0.2, 0.25) is 0 Å². The standard InChI is InChI=1S/C11H16BNO4/c1-4-16-9(14)8-6-5-7-13(8)10(15)17-11(2,3)12/h5-6,8H,4,7H2,1-3H3/t8-/m0/s1. The molecule has 0 N–H and O–H groups in total. The van der Waals surface area contributed by atoms with Crippen molar-refractivity contribution in [3.8, 4) is 0 Å². The predicted octanol–water partition coefficient (Wildman–Crippen LogP) is 0.831. The summed E-state index contributed by atoms with van der Waals surface area (Å²) in [6.07, 6.45) is 2.70. The molecule has 1 atom stereocenters. The fourth-order valence-electron chi connectivity index (χ4n) is 1.43. The number of ether oxygens (including phenoxy) is 2. The van der Waals surface area contributed by atoms with Crippen molar-refractivity contribution in [1.82, 2.24) is 4.90 Å². The highest BCUT2D eigenvalue weighted by molar-refractivity contribution is 6.14. The monoisotopic (exact) mass is 237 g/mol. The van der Waals surface area contributed by atoms with Crippen LogP contribution in [-0.2, 0) is 14.3 Å². The molecule has 2 radical (unpaired) electrons. The zero-order valence-electron chi connectivity index (χ0n) is 10.3. The van der Waals surface area contributed by atoms with Gasteiger partial charge in [-0.15, -0.1) is 0 Å². The number of carbonyl (C=O) groups is 2. The summed E-state index contributed by atoms with van der Waals surface area (Å²) in [7, 11) is 5.58. The average Bonchev–Trinajstić information content (AvgIpc) is 2.63. The van der Waals surface area contributed by atoms with E-state index in [0.717, 1.165) is 0 Å². The second kappa shape index (κ2) is 5.25. The first-order valence-electron chi connectivity index (χ1n) is 5.47. The molecule has 0 saturated carbocycles. The first-order valence-corrected chi connectivity index (χ1v) is 5.47. The van der Waals surface area contributed by atoms with Gasteiger partial charge < -0.3 is 9.47 Å². The highest BCUT2D eigenvalue weighted by Gasteiger charge is 2.34. The van der Waals surface area contributed by atoms with Crippen molar-refractivity contribution in [2.75, 3.05) is 13.2 Å². The molecule has 0 spiro atoms. The molecule has 1 heterocycles. The predicted molar refractivity (Wildman–Crippen MR) is 62.6 cm³/mol. The maximum atomic E-state index is 11.8. The number of carbonyl (C=O) groups excluding carboxylic acids is 2. The van der Waals surface area contributed by atoms with Crippen LogP contribution in [0, 0.1) is 0 Å². The Hall–Kier alpha value is -1.46. The van der Waals surface area contributed by atoms with Gasteiger partial charge in [-0.05, 0) is 20.8 Å². The van der Waals surface area contributed by atoms with Gasteiger partial charge in [0.2, 0.25) is 0 Å². The highest BCUT2D eigenvalue weighted by Crippen LogP contribution is 2.15. The van der Waals surface area contributed by atoms with E-state index in [1.165, 1.54) is 4.90 Å². The van der Waals surface area contributed by atoms with Crippen LogP contribution in [-0.4, -0.2) is 49.5 Å². The second-order valence-corrected chi connectivity index (χ2v) is 4.25. The molecule has 0 aromatic rings. The Morgan fingerprint density at radius 1 is 1.53 bits per heavy atom. The molecule has 17 heavy (non-hydrogen) atoms. The Balaban J connectivity index is 2.65. The summed E-state index contributed by atoms with van der Waals surface area (Å²) in [5, 5.41) is 0. The van der Waals surface area contributed by atoms with Crippen molar-refractivity contribution in [2.45, 2.75) is 32.3 Å². The number of hydrogen-bond acceptors (Lipinski definition) is 4. The average molecular weight is 237 g/mol. The lowest BCUT2D eigenvalue weighted by Crippen LogP contribution is -2.45. The van der Waals surface area contributed by atoms with E-state index in [-0.39, 0.29) is 6.61 Å². The lowest BCUT2D eigenvalue weighted by molar-refractivity contribution is -0.146. The van der Waals surface area contributed by atoms with Crippen LogP contribution in [0.25, 0.3) is 0 Å². The Labute approximate surface area is 102 Å². The SMILES string of the molecule is [B]C(C)(C)OC(=O)N1CC=C[C@H]1C(=O)OCC. The van der Waals surface area contributed by atoms with Gasteiger partial charge in [0.05, 0.1) is 12.1 Å². The number of nitrogens with zero attached hydrogens (tertiary/aromatic N) is 1. The molecule has 1 amide bonds. The van der Waals surface area contributed by atoms with Crippen molar-refractivity contribution >= 4 is 19.9 Å². The van der Waals surface area contributed by atoms with Gasteiger partial charge in [0.1, 0.15) is 7.85 Å². The molecular weight excluding hydrogens is 221 g/mol. The van der Waals surface area contributed by atoms with Crippen molar-refractivity contribution in [1.29, 1.82) is 0 Å². The minimum absolute atomic E-state index is 0.272. The van der Waals surface area contributed by atoms with Gasteiger partial charge in [0.25, 0.3) is 0 Å². The third kappa shape index (κ3) is 3.80. The number of hydrogen-bond donors (Lipinski definition) is 0. The van der Waals surface area contributed by atoms with E-state index in [4.69, 9.17) is 17.3 Å². The van der Waals surface area contributed by atoms with Crippen LogP contribution in [0.5, 0.6) is 0 Å². The van der Waals surface area contributed by atoms with Gasteiger partial charge in [0, 0.05) is 6.54 Å². The Morgan fingerprint density at radius 2 is 2.18 bits per heavy atom. The van der Waals surface area contributed by atoms with Gasteiger partial charge in [0.15, 0.2) is 6.04 Å². The third-order valence-electron chi connectivity index (χ3n) is 2.07. The van der Waals surface area contributed by atoms with E-state index in [2.05, 4.69) is 0 Å². The molecule has 0 aliphatic carbocycles. The fraction of sp³-hybridized carbons (Fsp3) is 0.636. The third-order valence-corrected chi connectivity index (χ3v) is 2.07. The molecule has 0 bridgehead atoms. The summed E-state index contributed by atoms with van der Waals surface area (Å²) in [4.78, 5) is 24.6. The molecule has 0 aromatic heterocycles. The van der Waals surface area contributed by atoms with E-state index in [9.17, 15) is 9.59 Å². The maximum Gasteiger partial charge on any atom is 0.410 e. The molecule has 1 aliphatic heterocycles. The molecular formula is C11H16BNO4. The largest absolute Gasteiger partial charge is 0.464 e. The van der Waals surface area contributed by atoms with Crippen molar-refractivity contribution < 1.29 is 19.1 Å². The van der Waals surface area contributed by atoms with Gasteiger partial charge in [-0.1, -0.05) is 12.2 Å². The van der Waals surface area contributed by atoms with Gasteiger partial charge in [-0.3, -0.25) is 4.90 Å². The Morgan fingerprint density at radius 3 is 2.71 bits per heavy atom. The van der Waals surface area contributed by atoms with Crippen LogP contribution >= 0.6 is 0 Å². The Bertz CT molecular complexity index is 335. The summed E-state index contributed by atoms with van der Waals surface area (Å²) < 4.78 is 9.86. The summed E-state index contributed by atoms with van der Waals surface area (Å²) >= 11 is 0. The summed E-state index contributed by atoms with van der Waals surface area (Å²) in [5.41, 5.74) is -1.07. The minimum atomic E-state index is -1.07. The lowest BCUT2D eigenvalue weighted by atomic mass is 9.86. The second-order valence-electron chi connectivity index (χ2n) is 4.25. The minimum Gasteiger partial charge on any atom is -0.464 e. The molecule has 1 aliphatic rings. The normalized spacial score (nSPS) is 19.2. The van der Waals surface area contributed by atoms with E-state index in [0.29, 0.717) is 6.54 Å². The zero-order chi connectivity index (χ0) is 13.1. The van der Waals surface area contributed by atoms with Crippen LogP contribution in [0.15, 0.2) is 12.2 Å². The van der Waals surface area contributed by atoms with E-state index in [1.807, 2.05) is 0 Å². The summed E-state index contributed by atoms with van der Waals surface area (Å²) in [6.45, 7) is 5.43. The quantitative estimate of drug-likeness (QED) is 0.414. The molecule has 5 nitrogen and oxygen atoms in total. The van der Waals surface area contributed by atoms with Crippen LogP contribution < -0.4 is 0 Å². The number of amides is 1. The zero-order valence-corrected chi connectivity index (χ0v) is 10.3. The summed E-state index contributed by atoms with van der Waals surface area (Å²) in [6, 6.07) is -0.718. The van der Waals surface area contributed by atoms with E-state index >= 15 is 0 Å². The maximum absolute atomic E-state index is 11.8. The number of rotatable bonds is 3. The lowest BCUT2D eigenvalue weighted by Gasteiger charge is -2.27. The smallest absolute Gasteiger partial charge is 0.410 e. The first kappa shape index (κ1) is 13.6. The van der Waals surface area contributed by atoms with Crippen molar-refractivity contribution in [3.05, 3.63) is 12.2 Å². The van der Waals surface area contributed by atoms with E-state index in [1.54, 1.807) is 32.9 Å². The Kier molecular flexibility index (Phi) is 4.20. The van der Waals surface area contributed by atoms with Crippen molar-refractivity contribution in [3.63, 3.8) is 0 Å². The highest BCUT2D eigenvalue weighted by atomic mass is 16.6. The van der Waals surface area contributed by atoms with Gasteiger partial charge in [-0.2, -0.15) is 0 Å². The molecule has 1 rings (SSSR count).